The third-order valence-electron chi connectivity index (χ3n) is 10.3. The maximum absolute atomic E-state index is 16.3. The van der Waals surface area contributed by atoms with E-state index in [1.165, 1.54) is 0 Å². The van der Waals surface area contributed by atoms with Gasteiger partial charge in [-0.25, -0.2) is 4.39 Å². The van der Waals surface area contributed by atoms with Gasteiger partial charge in [0, 0.05) is 74.7 Å². The number of nitrogens with one attached hydrogen (secondary N) is 1. The second kappa shape index (κ2) is 12.1. The average molecular weight is 603 g/mol. The number of hydrogen-bond donors (Lipinski definition) is 1. The molecule has 10 nitrogen and oxygen atoms in total. The molecule has 6 aliphatic rings. The van der Waals surface area contributed by atoms with Crippen molar-refractivity contribution in [2.75, 3.05) is 52.5 Å². The first kappa shape index (κ1) is 28.6. The number of fused-ring (bicyclic) bond motifs is 2. The normalized spacial score (nSPS) is 38.9. The van der Waals surface area contributed by atoms with Gasteiger partial charge in [-0.05, 0) is 38.6 Å². The molecule has 0 radical (unpaired) electrons. The van der Waals surface area contributed by atoms with E-state index in [2.05, 4.69) is 30.0 Å². The highest BCUT2D eigenvalue weighted by Gasteiger charge is 2.60. The molecule has 1 amide bonds. The molecule has 1 aromatic heterocycles. The van der Waals surface area contributed by atoms with E-state index in [4.69, 9.17) is 21.1 Å². The first-order valence-electron chi connectivity index (χ1n) is 15.5. The first-order chi connectivity index (χ1) is 20.5. The van der Waals surface area contributed by atoms with Crippen molar-refractivity contribution in [1.29, 1.82) is 0 Å². The zero-order valence-electron chi connectivity index (χ0n) is 23.8. The minimum atomic E-state index is -1.24. The molecule has 1 N–H and O–H groups in total. The second-order valence-corrected chi connectivity index (χ2v) is 13.2. The lowest BCUT2D eigenvalue weighted by molar-refractivity contribution is -0.209. The van der Waals surface area contributed by atoms with E-state index in [0.29, 0.717) is 39.3 Å². The number of aromatic nitrogens is 2. The van der Waals surface area contributed by atoms with Crippen LogP contribution in [0.4, 0.5) is 4.39 Å². The average Bonchev–Trinajstić information content (AvgIpc) is 3.49. The first-order valence-corrected chi connectivity index (χ1v) is 16.0. The van der Waals surface area contributed by atoms with Crippen molar-refractivity contribution < 1.29 is 23.5 Å². The fraction of sp³-hybridized carbons (Fsp3) is 0.733. The number of halogens is 2. The van der Waals surface area contributed by atoms with Crippen molar-refractivity contribution in [2.45, 2.75) is 79.9 Å². The number of likely N-dealkylation sites (tertiary alicyclic amines) is 1. The van der Waals surface area contributed by atoms with E-state index in [1.807, 2.05) is 0 Å². The second-order valence-electron chi connectivity index (χ2n) is 12.6. The van der Waals surface area contributed by atoms with E-state index in [0.717, 1.165) is 44.6 Å². The van der Waals surface area contributed by atoms with E-state index in [-0.39, 0.29) is 53.2 Å². The molecular weight excluding hydrogens is 563 g/mol. The van der Waals surface area contributed by atoms with Crippen LogP contribution in [0.25, 0.3) is 0 Å². The molecule has 0 aromatic carbocycles. The van der Waals surface area contributed by atoms with Gasteiger partial charge in [-0.3, -0.25) is 29.4 Å². The molecule has 2 aliphatic carbocycles. The Labute approximate surface area is 250 Å². The highest BCUT2D eigenvalue weighted by molar-refractivity contribution is 6.21. The lowest BCUT2D eigenvalue weighted by Gasteiger charge is -2.60. The number of nitrogens with zero attached hydrogens (tertiary/aromatic N) is 5. The summed E-state index contributed by atoms with van der Waals surface area (Å²) >= 11 is 6.65. The quantitative estimate of drug-likeness (QED) is 0.384. The number of carbonyl (C=O) groups is 2. The van der Waals surface area contributed by atoms with Crippen LogP contribution in [-0.2, 0) is 19.1 Å². The van der Waals surface area contributed by atoms with Gasteiger partial charge in [0.2, 0.25) is 0 Å². The molecule has 0 spiro atoms. The molecule has 3 saturated heterocycles. The molecule has 4 aliphatic heterocycles. The van der Waals surface area contributed by atoms with Gasteiger partial charge in [0.15, 0.2) is 5.78 Å². The summed E-state index contributed by atoms with van der Waals surface area (Å²) in [6, 6.07) is -0.828. The zero-order chi connectivity index (χ0) is 28.8. The molecule has 9 atom stereocenters. The van der Waals surface area contributed by atoms with E-state index in [9.17, 15) is 9.59 Å². The minimum Gasteiger partial charge on any atom is -0.379 e. The van der Waals surface area contributed by atoms with Gasteiger partial charge in [-0.15, -0.1) is 11.6 Å². The molecular formula is C30H40ClFN6O4. The summed E-state index contributed by atoms with van der Waals surface area (Å²) < 4.78 is 28.5. The van der Waals surface area contributed by atoms with Crippen molar-refractivity contribution in [2.24, 2.45) is 5.92 Å². The maximum atomic E-state index is 16.3. The van der Waals surface area contributed by atoms with E-state index >= 15 is 4.39 Å². The van der Waals surface area contributed by atoms with Crippen molar-refractivity contribution in [3.63, 3.8) is 0 Å². The summed E-state index contributed by atoms with van der Waals surface area (Å²) in [4.78, 5) is 42.6. The number of Topliss-reactive ketones (excluding diaryl/α,β-unsaturated/α-hetero) is 1. The molecule has 42 heavy (non-hydrogen) atoms. The maximum Gasteiger partial charge on any atom is 0.256 e. The van der Waals surface area contributed by atoms with Crippen molar-refractivity contribution in [3.05, 3.63) is 36.1 Å². The Morgan fingerprint density at radius 3 is 2.79 bits per heavy atom. The SMILES string of the molecule is O=C(NCCN1CCOCC1)C1=CN2C3CC(Cl)CCC3OC3C(N4CCC(c5cnccn5)C4)C(F)CC(C1=O)C32. The topological polar surface area (TPSA) is 100 Å². The molecule has 7 rings (SSSR count). The number of alkyl halides is 2. The van der Waals surface area contributed by atoms with Crippen LogP contribution in [0.5, 0.6) is 0 Å². The summed E-state index contributed by atoms with van der Waals surface area (Å²) in [5.74, 6) is -1.11. The Morgan fingerprint density at radius 2 is 1.98 bits per heavy atom. The Balaban J connectivity index is 1.13. The Morgan fingerprint density at radius 1 is 1.12 bits per heavy atom. The van der Waals surface area contributed by atoms with Crippen LogP contribution in [0, 0.1) is 5.92 Å². The van der Waals surface area contributed by atoms with Crippen LogP contribution in [0.1, 0.15) is 43.7 Å². The van der Waals surface area contributed by atoms with Gasteiger partial charge in [0.05, 0.1) is 54.8 Å². The molecule has 228 valence electrons. The predicted molar refractivity (Wildman–Crippen MR) is 153 cm³/mol. The Hall–Kier alpha value is -2.18. The molecule has 12 heteroatoms. The van der Waals surface area contributed by atoms with E-state index in [1.54, 1.807) is 24.8 Å². The summed E-state index contributed by atoms with van der Waals surface area (Å²) in [5.41, 5.74) is 1.06. The summed E-state index contributed by atoms with van der Waals surface area (Å²) in [7, 11) is 0. The lowest BCUT2D eigenvalue weighted by Crippen LogP contribution is -2.73. The molecule has 1 aromatic rings. The van der Waals surface area contributed by atoms with Gasteiger partial charge in [0.25, 0.3) is 5.91 Å². The molecule has 5 fully saturated rings. The fourth-order valence-corrected chi connectivity index (χ4v) is 8.50. The lowest BCUT2D eigenvalue weighted by atomic mass is 9.69. The van der Waals surface area contributed by atoms with Crippen LogP contribution < -0.4 is 5.32 Å². The number of morpholine rings is 2. The predicted octanol–water partition coefficient (Wildman–Crippen LogP) is 1.51. The summed E-state index contributed by atoms with van der Waals surface area (Å²) in [6.45, 7) is 5.58. The third kappa shape index (κ3) is 5.36. The molecule has 9 unspecified atom stereocenters. The van der Waals surface area contributed by atoms with Crippen molar-refractivity contribution in [3.8, 4) is 0 Å². The molecule has 0 bridgehead atoms. The van der Waals surface area contributed by atoms with E-state index < -0.39 is 24.2 Å². The smallest absolute Gasteiger partial charge is 0.256 e. The number of hydrogen-bond acceptors (Lipinski definition) is 9. The van der Waals surface area contributed by atoms with Gasteiger partial charge >= 0.3 is 0 Å². The summed E-state index contributed by atoms with van der Waals surface area (Å²) in [5, 5.41) is 2.96. The standard InChI is InChI=1S/C30H40ClFN6O4/c31-19-1-2-25-24(13-19)38-17-21(30(40)35-6-8-36-9-11-41-12-10-36)28(39)20-14-22(32)27(29(42-25)26(20)38)37-7-3-18(16-37)23-15-33-4-5-34-23/h4-5,15,17-20,22,24-27,29H,1-3,6-14,16H2,(H,35,40). The highest BCUT2D eigenvalue weighted by atomic mass is 35.5. The van der Waals surface area contributed by atoms with Crippen LogP contribution in [0.3, 0.4) is 0 Å². The fourth-order valence-electron chi connectivity index (χ4n) is 8.19. The van der Waals surface area contributed by atoms with Crippen LogP contribution in [0.2, 0.25) is 0 Å². The van der Waals surface area contributed by atoms with Gasteiger partial charge in [-0.2, -0.15) is 0 Å². The van der Waals surface area contributed by atoms with Gasteiger partial charge < -0.3 is 19.7 Å². The van der Waals surface area contributed by atoms with Crippen LogP contribution in [0.15, 0.2) is 30.4 Å². The Bertz CT molecular complexity index is 1190. The van der Waals surface area contributed by atoms with Crippen LogP contribution in [-0.4, -0.2) is 131 Å². The molecule has 2 saturated carbocycles. The minimum absolute atomic E-state index is 0.00121. The van der Waals surface area contributed by atoms with Crippen molar-refractivity contribution >= 4 is 23.3 Å². The van der Waals surface area contributed by atoms with Gasteiger partial charge in [0.1, 0.15) is 6.17 Å². The van der Waals surface area contributed by atoms with Crippen LogP contribution >= 0.6 is 11.6 Å². The zero-order valence-corrected chi connectivity index (χ0v) is 24.6. The van der Waals surface area contributed by atoms with Crippen molar-refractivity contribution in [1.82, 2.24) is 30.0 Å². The number of rotatable bonds is 6. The monoisotopic (exact) mass is 602 g/mol. The Kier molecular flexibility index (Phi) is 8.22. The highest BCUT2D eigenvalue weighted by Crippen LogP contribution is 2.48. The molecule has 5 heterocycles. The number of carbonyl (C=O) groups excluding carboxylic acids is 2. The summed E-state index contributed by atoms with van der Waals surface area (Å²) in [6.07, 6.45) is 8.36. The van der Waals surface area contributed by atoms with Gasteiger partial charge in [-0.1, -0.05) is 0 Å². The largest absolute Gasteiger partial charge is 0.379 e. The number of ketones is 1. The number of ether oxygens (including phenoxy) is 2. The third-order valence-corrected chi connectivity index (χ3v) is 10.7. The number of amides is 1.